The van der Waals surface area contributed by atoms with E-state index in [-0.39, 0.29) is 11.8 Å². The third-order valence-corrected chi connectivity index (χ3v) is 8.47. The number of aliphatic hydroxyl groups is 1. The maximum absolute atomic E-state index is 12.3. The number of piperidine rings is 1. The molecule has 2 aromatic carbocycles. The van der Waals surface area contributed by atoms with E-state index in [4.69, 9.17) is 28.2 Å². The van der Waals surface area contributed by atoms with Crippen LogP contribution in [0.15, 0.2) is 36.4 Å². The average molecular weight is 545 g/mol. The van der Waals surface area contributed by atoms with Gasteiger partial charge in [0.2, 0.25) is 5.95 Å². The Balaban J connectivity index is 1.37. The number of aromatic nitrogens is 2. The van der Waals surface area contributed by atoms with Crippen LogP contribution < -0.4 is 10.2 Å². The number of rotatable bonds is 7. The van der Waals surface area contributed by atoms with E-state index in [9.17, 15) is 9.90 Å². The normalized spacial score (nSPS) is 18.0. The highest BCUT2D eigenvalue weighted by Gasteiger charge is 2.30. The predicted octanol–water partition coefficient (Wildman–Crippen LogP) is 5.16. The van der Waals surface area contributed by atoms with Crippen molar-refractivity contribution in [1.29, 1.82) is 0 Å². The molecule has 7 nitrogen and oxygen atoms in total. The van der Waals surface area contributed by atoms with Gasteiger partial charge in [0.05, 0.1) is 27.6 Å². The zero-order chi connectivity index (χ0) is 26.1. The number of aliphatic hydroxyl groups excluding tert-OH is 1. The molecule has 198 valence electrons. The van der Waals surface area contributed by atoms with Gasteiger partial charge in [-0.05, 0) is 55.5 Å². The van der Waals surface area contributed by atoms with Crippen molar-refractivity contribution in [1.82, 2.24) is 19.8 Å². The largest absolute Gasteiger partial charge is 0.378 e. The molecule has 1 aromatic heterocycles. The first-order valence-corrected chi connectivity index (χ1v) is 13.9. The van der Waals surface area contributed by atoms with Crippen molar-refractivity contribution in [3.05, 3.63) is 57.6 Å². The minimum absolute atomic E-state index is 0.0192. The van der Waals surface area contributed by atoms with Gasteiger partial charge in [-0.3, -0.25) is 10.1 Å². The molecule has 1 aliphatic heterocycles. The third-order valence-electron chi connectivity index (χ3n) is 7.75. The fourth-order valence-electron chi connectivity index (χ4n) is 5.58. The Kier molecular flexibility index (Phi) is 7.96. The van der Waals surface area contributed by atoms with Crippen LogP contribution in [0.3, 0.4) is 0 Å². The highest BCUT2D eigenvalue weighted by Crippen LogP contribution is 2.33. The molecule has 1 aliphatic carbocycles. The molecular formula is C28H35Cl2N5O2. The maximum Gasteiger partial charge on any atom is 0.253 e. The summed E-state index contributed by atoms with van der Waals surface area (Å²) in [5.74, 6) is 1.09. The fraction of sp³-hybridized carbons (Fsp3) is 0.500. The second kappa shape index (κ2) is 11.2. The van der Waals surface area contributed by atoms with Crippen LogP contribution in [0.5, 0.6) is 0 Å². The lowest BCUT2D eigenvalue weighted by atomic mass is 9.94. The second-order valence-electron chi connectivity index (χ2n) is 10.6. The molecule has 5 rings (SSSR count). The number of nitrogens with one attached hydrogen (secondary N) is 1. The van der Waals surface area contributed by atoms with Crippen molar-refractivity contribution in [3.63, 3.8) is 0 Å². The fourth-order valence-corrected chi connectivity index (χ4v) is 5.90. The van der Waals surface area contributed by atoms with Gasteiger partial charge in [-0.2, -0.15) is 0 Å². The van der Waals surface area contributed by atoms with Gasteiger partial charge in [0.25, 0.3) is 5.91 Å². The second-order valence-corrected chi connectivity index (χ2v) is 11.4. The van der Waals surface area contributed by atoms with Crippen LogP contribution >= 0.6 is 23.2 Å². The molecule has 2 fully saturated rings. The van der Waals surface area contributed by atoms with E-state index in [1.165, 1.54) is 12.8 Å². The summed E-state index contributed by atoms with van der Waals surface area (Å²) in [6.07, 6.45) is 6.17. The number of fused-ring (bicyclic) bond motifs is 1. The summed E-state index contributed by atoms with van der Waals surface area (Å²) < 4.78 is 2.17. The van der Waals surface area contributed by atoms with Crippen molar-refractivity contribution in [3.8, 4) is 0 Å². The van der Waals surface area contributed by atoms with Gasteiger partial charge in [-0.25, -0.2) is 4.98 Å². The number of anilines is 1. The Morgan fingerprint density at radius 2 is 1.73 bits per heavy atom. The van der Waals surface area contributed by atoms with Gasteiger partial charge in [0.15, 0.2) is 0 Å². The van der Waals surface area contributed by atoms with Gasteiger partial charge in [0, 0.05) is 44.7 Å². The summed E-state index contributed by atoms with van der Waals surface area (Å²) in [7, 11) is 3.50. The Bertz CT molecular complexity index is 1250. The van der Waals surface area contributed by atoms with Gasteiger partial charge in [-0.1, -0.05) is 48.2 Å². The number of hydrogen-bond donors (Lipinski definition) is 2. The summed E-state index contributed by atoms with van der Waals surface area (Å²) in [6.45, 7) is 2.22. The lowest BCUT2D eigenvalue weighted by Gasteiger charge is -2.36. The molecule has 1 saturated carbocycles. The molecule has 1 atom stereocenters. The van der Waals surface area contributed by atoms with Gasteiger partial charge < -0.3 is 19.5 Å². The third kappa shape index (κ3) is 5.75. The topological polar surface area (TPSA) is 73.6 Å². The summed E-state index contributed by atoms with van der Waals surface area (Å²) in [5.41, 5.74) is 3.44. The molecular weight excluding hydrogens is 509 g/mol. The Labute approximate surface area is 228 Å². The van der Waals surface area contributed by atoms with E-state index >= 15 is 0 Å². The van der Waals surface area contributed by atoms with E-state index in [1.54, 1.807) is 19.0 Å². The number of amides is 1. The van der Waals surface area contributed by atoms with Crippen LogP contribution in [-0.4, -0.2) is 64.9 Å². The molecule has 1 saturated heterocycles. The lowest BCUT2D eigenvalue weighted by Crippen LogP contribution is -2.46. The molecule has 2 aliphatic rings. The first-order valence-electron chi connectivity index (χ1n) is 13.1. The average Bonchev–Trinajstić information content (AvgIpc) is 3.52. The lowest BCUT2D eigenvalue weighted by molar-refractivity contribution is 0.0512. The van der Waals surface area contributed by atoms with Crippen molar-refractivity contribution in [2.75, 3.05) is 32.1 Å². The van der Waals surface area contributed by atoms with Crippen molar-refractivity contribution in [2.45, 2.75) is 57.3 Å². The van der Waals surface area contributed by atoms with Crippen molar-refractivity contribution >= 4 is 46.1 Å². The molecule has 0 spiro atoms. The Hall–Kier alpha value is -2.32. The van der Waals surface area contributed by atoms with Crippen molar-refractivity contribution in [2.24, 2.45) is 5.92 Å². The van der Waals surface area contributed by atoms with Gasteiger partial charge in [-0.15, -0.1) is 0 Å². The predicted molar refractivity (Wildman–Crippen MR) is 150 cm³/mol. The van der Waals surface area contributed by atoms with Crippen molar-refractivity contribution < 1.29 is 9.90 Å². The maximum atomic E-state index is 12.3. The molecule has 2 N–H and O–H groups in total. The van der Waals surface area contributed by atoms with E-state index in [2.05, 4.69) is 14.8 Å². The van der Waals surface area contributed by atoms with Crippen LogP contribution in [-0.2, 0) is 6.54 Å². The number of carbonyl (C=O) groups excluding carboxylic acids is 1. The number of halogens is 2. The molecule has 1 amide bonds. The number of imidazole rings is 1. The van der Waals surface area contributed by atoms with Crippen LogP contribution in [0.2, 0.25) is 10.0 Å². The summed E-state index contributed by atoms with van der Waals surface area (Å²) in [5, 5.41) is 15.2. The smallest absolute Gasteiger partial charge is 0.253 e. The first-order chi connectivity index (χ1) is 17.8. The number of benzene rings is 2. The molecule has 1 unspecified atom stereocenters. The Morgan fingerprint density at radius 3 is 2.38 bits per heavy atom. The van der Waals surface area contributed by atoms with Gasteiger partial charge >= 0.3 is 0 Å². The van der Waals surface area contributed by atoms with Gasteiger partial charge in [0.1, 0.15) is 6.23 Å². The SMILES string of the molecule is CN(C)C(=O)c1ccc(Cn2c(N3CCC(C(O)NC4CCCC4)CC3)nc3cc(Cl)c(Cl)cc32)cc1. The first kappa shape index (κ1) is 26.3. The van der Waals surface area contributed by atoms with E-state index in [1.807, 2.05) is 36.4 Å². The minimum Gasteiger partial charge on any atom is -0.378 e. The molecule has 0 radical (unpaired) electrons. The summed E-state index contributed by atoms with van der Waals surface area (Å²) >= 11 is 12.7. The molecule has 0 bridgehead atoms. The Morgan fingerprint density at radius 1 is 1.08 bits per heavy atom. The molecule has 37 heavy (non-hydrogen) atoms. The number of nitrogens with zero attached hydrogens (tertiary/aromatic N) is 4. The number of carbonyl (C=O) groups is 1. The van der Waals surface area contributed by atoms with Crippen LogP contribution in [0.25, 0.3) is 11.0 Å². The minimum atomic E-state index is -0.454. The highest BCUT2D eigenvalue weighted by atomic mass is 35.5. The van der Waals surface area contributed by atoms with Crippen LogP contribution in [0, 0.1) is 5.92 Å². The quantitative estimate of drug-likeness (QED) is 0.402. The monoisotopic (exact) mass is 543 g/mol. The molecule has 9 heteroatoms. The summed E-state index contributed by atoms with van der Waals surface area (Å²) in [6, 6.07) is 11.9. The van der Waals surface area contributed by atoms with E-state index < -0.39 is 6.23 Å². The number of hydrogen-bond acceptors (Lipinski definition) is 5. The molecule has 3 aromatic rings. The highest BCUT2D eigenvalue weighted by molar-refractivity contribution is 6.42. The standard InChI is InChI=1S/C28H35Cl2N5O2/c1-33(2)27(37)20-9-7-18(8-10-20)17-35-25-16-23(30)22(29)15-24(25)32-28(35)34-13-11-19(12-14-34)26(36)31-21-5-3-4-6-21/h7-10,15-16,19,21,26,31,36H,3-6,11-14,17H2,1-2H3. The molecule has 2 heterocycles. The van der Waals surface area contributed by atoms with Crippen LogP contribution in [0.4, 0.5) is 5.95 Å². The zero-order valence-electron chi connectivity index (χ0n) is 21.5. The zero-order valence-corrected chi connectivity index (χ0v) is 23.0. The van der Waals surface area contributed by atoms with Crippen LogP contribution in [0.1, 0.15) is 54.4 Å². The van der Waals surface area contributed by atoms with E-state index in [0.717, 1.165) is 61.3 Å². The van der Waals surface area contributed by atoms with E-state index in [0.29, 0.717) is 28.2 Å². The summed E-state index contributed by atoms with van der Waals surface area (Å²) in [4.78, 5) is 21.1.